The molecule has 0 heterocycles. The number of hydrogen-bond acceptors (Lipinski definition) is 3. The Morgan fingerprint density at radius 1 is 0.794 bits per heavy atom. The molecule has 3 rings (SSSR count). The molecular formula is C29H34N2O2S. The minimum absolute atomic E-state index is 0.0228. The van der Waals surface area contributed by atoms with Gasteiger partial charge in [0, 0.05) is 25.3 Å². The number of benzene rings is 3. The predicted molar refractivity (Wildman–Crippen MR) is 141 cm³/mol. The third kappa shape index (κ3) is 8.38. The lowest BCUT2D eigenvalue weighted by Gasteiger charge is -2.31. The van der Waals surface area contributed by atoms with Crippen LogP contribution in [0, 0.1) is 5.92 Å². The van der Waals surface area contributed by atoms with Crippen molar-refractivity contribution in [3.8, 4) is 0 Å². The van der Waals surface area contributed by atoms with Crippen LogP contribution in [0.25, 0.3) is 0 Å². The molecule has 0 bridgehead atoms. The molecule has 0 aliphatic heterocycles. The molecule has 0 aliphatic carbocycles. The van der Waals surface area contributed by atoms with Gasteiger partial charge in [-0.2, -0.15) is 0 Å². The van der Waals surface area contributed by atoms with E-state index in [1.165, 1.54) is 5.56 Å². The van der Waals surface area contributed by atoms with Crippen LogP contribution in [0.15, 0.2) is 91.0 Å². The Bertz CT molecular complexity index is 1010. The van der Waals surface area contributed by atoms with Crippen LogP contribution in [-0.2, 0) is 28.3 Å². The highest BCUT2D eigenvalue weighted by atomic mass is 32.2. The first-order chi connectivity index (χ1) is 16.5. The van der Waals surface area contributed by atoms with Gasteiger partial charge >= 0.3 is 0 Å². The normalized spacial score (nSPS) is 11.7. The summed E-state index contributed by atoms with van der Waals surface area (Å²) in [4.78, 5) is 28.7. The SMILES string of the molecule is CC(C)CNC(=O)C(Cc1ccccc1)N(Cc1ccccc1)C(=O)CSCc1ccccc1. The van der Waals surface area contributed by atoms with Gasteiger partial charge in [0.1, 0.15) is 6.04 Å². The predicted octanol–water partition coefficient (Wildman–Crippen LogP) is 5.33. The maximum absolute atomic E-state index is 13.5. The molecule has 1 atom stereocenters. The number of nitrogens with zero attached hydrogens (tertiary/aromatic N) is 1. The third-order valence-corrected chi connectivity index (χ3v) is 6.48. The second kappa shape index (κ2) is 13.6. The maximum atomic E-state index is 13.5. The van der Waals surface area contributed by atoms with Crippen LogP contribution >= 0.6 is 11.8 Å². The summed E-state index contributed by atoms with van der Waals surface area (Å²) in [6, 6.07) is 29.4. The Morgan fingerprint density at radius 3 is 1.88 bits per heavy atom. The lowest BCUT2D eigenvalue weighted by Crippen LogP contribution is -2.51. The summed E-state index contributed by atoms with van der Waals surface area (Å²) in [7, 11) is 0. The fraction of sp³-hybridized carbons (Fsp3) is 0.310. The molecule has 0 saturated carbocycles. The Kier molecular flexibility index (Phi) is 10.2. The van der Waals surface area contributed by atoms with Crippen molar-refractivity contribution >= 4 is 23.6 Å². The Hall–Kier alpha value is -3.05. The van der Waals surface area contributed by atoms with Crippen LogP contribution < -0.4 is 5.32 Å². The molecule has 0 fully saturated rings. The van der Waals surface area contributed by atoms with Crippen LogP contribution in [-0.4, -0.2) is 35.1 Å². The average molecular weight is 475 g/mol. The molecule has 1 N–H and O–H groups in total. The number of rotatable bonds is 12. The largest absolute Gasteiger partial charge is 0.354 e. The molecule has 4 nitrogen and oxygen atoms in total. The Balaban J connectivity index is 1.81. The summed E-state index contributed by atoms with van der Waals surface area (Å²) in [5.41, 5.74) is 3.24. The van der Waals surface area contributed by atoms with E-state index < -0.39 is 6.04 Å². The zero-order valence-electron chi connectivity index (χ0n) is 20.0. The quantitative estimate of drug-likeness (QED) is 0.386. The van der Waals surface area contributed by atoms with Crippen molar-refractivity contribution < 1.29 is 9.59 Å². The summed E-state index contributed by atoms with van der Waals surface area (Å²) in [5.74, 6) is 1.29. The summed E-state index contributed by atoms with van der Waals surface area (Å²) in [6.45, 7) is 5.12. The average Bonchev–Trinajstić information content (AvgIpc) is 2.86. The number of carbonyl (C=O) groups excluding carboxylic acids is 2. The van der Waals surface area contributed by atoms with Gasteiger partial charge in [-0.05, 0) is 22.6 Å². The van der Waals surface area contributed by atoms with Crippen molar-refractivity contribution in [3.05, 3.63) is 108 Å². The van der Waals surface area contributed by atoms with Gasteiger partial charge in [0.25, 0.3) is 0 Å². The van der Waals surface area contributed by atoms with Crippen molar-refractivity contribution in [3.63, 3.8) is 0 Å². The van der Waals surface area contributed by atoms with E-state index in [0.29, 0.717) is 31.2 Å². The number of thioether (sulfide) groups is 1. The van der Waals surface area contributed by atoms with Crippen LogP contribution in [0.2, 0.25) is 0 Å². The van der Waals surface area contributed by atoms with E-state index >= 15 is 0 Å². The molecule has 34 heavy (non-hydrogen) atoms. The number of carbonyl (C=O) groups is 2. The fourth-order valence-corrected chi connectivity index (χ4v) is 4.54. The van der Waals surface area contributed by atoms with Crippen molar-refractivity contribution in [2.45, 2.75) is 38.6 Å². The molecule has 0 aromatic heterocycles. The van der Waals surface area contributed by atoms with Gasteiger partial charge in [-0.1, -0.05) is 105 Å². The minimum Gasteiger partial charge on any atom is -0.354 e. The van der Waals surface area contributed by atoms with Crippen molar-refractivity contribution in [2.24, 2.45) is 5.92 Å². The molecule has 0 saturated heterocycles. The molecule has 0 aliphatic rings. The van der Waals surface area contributed by atoms with E-state index in [0.717, 1.165) is 16.9 Å². The van der Waals surface area contributed by atoms with E-state index in [4.69, 9.17) is 0 Å². The highest BCUT2D eigenvalue weighted by molar-refractivity contribution is 7.99. The standard InChI is InChI=1S/C29H34N2O2S/c1-23(2)19-30-29(33)27(18-24-12-6-3-7-13-24)31(20-25-14-8-4-9-15-25)28(32)22-34-21-26-16-10-5-11-17-26/h3-17,23,27H,18-22H2,1-2H3,(H,30,33). The first-order valence-corrected chi connectivity index (χ1v) is 12.9. The molecular weight excluding hydrogens is 440 g/mol. The maximum Gasteiger partial charge on any atom is 0.243 e. The van der Waals surface area contributed by atoms with Crippen LogP contribution in [0.1, 0.15) is 30.5 Å². The van der Waals surface area contributed by atoms with E-state index in [2.05, 4.69) is 31.3 Å². The van der Waals surface area contributed by atoms with Gasteiger partial charge in [-0.3, -0.25) is 9.59 Å². The van der Waals surface area contributed by atoms with E-state index in [1.807, 2.05) is 78.9 Å². The monoisotopic (exact) mass is 474 g/mol. The molecule has 3 aromatic rings. The Morgan fingerprint density at radius 2 is 1.32 bits per heavy atom. The smallest absolute Gasteiger partial charge is 0.243 e. The lowest BCUT2D eigenvalue weighted by atomic mass is 10.0. The zero-order valence-corrected chi connectivity index (χ0v) is 20.8. The second-order valence-corrected chi connectivity index (χ2v) is 9.82. The van der Waals surface area contributed by atoms with Crippen LogP contribution in [0.4, 0.5) is 0 Å². The van der Waals surface area contributed by atoms with Crippen molar-refractivity contribution in [1.82, 2.24) is 10.2 Å². The van der Waals surface area contributed by atoms with E-state index in [9.17, 15) is 9.59 Å². The molecule has 2 amide bonds. The topological polar surface area (TPSA) is 49.4 Å². The van der Waals surface area contributed by atoms with Crippen molar-refractivity contribution in [2.75, 3.05) is 12.3 Å². The minimum atomic E-state index is -0.578. The number of hydrogen-bond donors (Lipinski definition) is 1. The molecule has 0 radical (unpaired) electrons. The molecule has 0 spiro atoms. The highest BCUT2D eigenvalue weighted by Gasteiger charge is 2.30. The molecule has 178 valence electrons. The number of nitrogens with one attached hydrogen (secondary N) is 1. The first-order valence-electron chi connectivity index (χ1n) is 11.8. The summed E-state index contributed by atoms with van der Waals surface area (Å²) < 4.78 is 0. The first kappa shape index (κ1) is 25.6. The highest BCUT2D eigenvalue weighted by Crippen LogP contribution is 2.18. The van der Waals surface area contributed by atoms with Gasteiger partial charge in [-0.15, -0.1) is 11.8 Å². The summed E-state index contributed by atoms with van der Waals surface area (Å²) in [6.07, 6.45) is 0.479. The van der Waals surface area contributed by atoms with Gasteiger partial charge in [0.15, 0.2) is 0 Å². The van der Waals surface area contributed by atoms with E-state index in [-0.39, 0.29) is 11.8 Å². The number of amides is 2. The molecule has 1 unspecified atom stereocenters. The van der Waals surface area contributed by atoms with Gasteiger partial charge in [-0.25, -0.2) is 0 Å². The summed E-state index contributed by atoms with van der Waals surface area (Å²) in [5, 5.41) is 3.07. The van der Waals surface area contributed by atoms with Gasteiger partial charge < -0.3 is 10.2 Å². The van der Waals surface area contributed by atoms with Crippen LogP contribution in [0.5, 0.6) is 0 Å². The zero-order chi connectivity index (χ0) is 24.2. The van der Waals surface area contributed by atoms with Gasteiger partial charge in [0.2, 0.25) is 11.8 Å². The second-order valence-electron chi connectivity index (χ2n) is 8.83. The molecule has 3 aromatic carbocycles. The fourth-order valence-electron chi connectivity index (χ4n) is 3.67. The molecule has 5 heteroatoms. The van der Waals surface area contributed by atoms with Crippen LogP contribution in [0.3, 0.4) is 0 Å². The Labute approximate surface area is 207 Å². The van der Waals surface area contributed by atoms with E-state index in [1.54, 1.807) is 16.7 Å². The summed E-state index contributed by atoms with van der Waals surface area (Å²) >= 11 is 1.58. The third-order valence-electron chi connectivity index (χ3n) is 5.49. The lowest BCUT2D eigenvalue weighted by molar-refractivity contribution is -0.139. The van der Waals surface area contributed by atoms with Crippen molar-refractivity contribution in [1.29, 1.82) is 0 Å². The van der Waals surface area contributed by atoms with Gasteiger partial charge in [0.05, 0.1) is 5.75 Å².